The van der Waals surface area contributed by atoms with Crippen molar-refractivity contribution in [3.63, 3.8) is 0 Å². The minimum atomic E-state index is -0.640. The second-order valence-electron chi connectivity index (χ2n) is 12.8. The summed E-state index contributed by atoms with van der Waals surface area (Å²) in [6.45, 7) is 8.02. The van der Waals surface area contributed by atoms with Crippen LogP contribution in [0.3, 0.4) is 0 Å². The summed E-state index contributed by atoms with van der Waals surface area (Å²) < 4.78 is 5.23. The van der Waals surface area contributed by atoms with Crippen molar-refractivity contribution in [2.75, 3.05) is 26.1 Å². The first-order valence-electron chi connectivity index (χ1n) is 14.1. The zero-order valence-corrected chi connectivity index (χ0v) is 24.1. The maximum Gasteiger partial charge on any atom is 0.220 e. The van der Waals surface area contributed by atoms with Crippen molar-refractivity contribution in [1.82, 2.24) is 10.6 Å². The van der Waals surface area contributed by atoms with Crippen LogP contribution in [0.1, 0.15) is 70.4 Å². The van der Waals surface area contributed by atoms with Crippen molar-refractivity contribution in [2.45, 2.75) is 84.0 Å². The molecule has 6 nitrogen and oxygen atoms in total. The van der Waals surface area contributed by atoms with Gasteiger partial charge in [-0.3, -0.25) is 4.79 Å². The van der Waals surface area contributed by atoms with Gasteiger partial charge in [-0.15, -0.1) is 0 Å². The van der Waals surface area contributed by atoms with Crippen molar-refractivity contribution in [3.8, 4) is 5.75 Å². The lowest BCUT2D eigenvalue weighted by Gasteiger charge is -2.51. The van der Waals surface area contributed by atoms with Crippen LogP contribution in [0.15, 0.2) is 48.5 Å². The summed E-state index contributed by atoms with van der Waals surface area (Å²) in [6, 6.07) is 16.9. The van der Waals surface area contributed by atoms with Gasteiger partial charge in [-0.1, -0.05) is 38.1 Å². The average Bonchev–Trinajstić information content (AvgIpc) is 3.10. The molecule has 0 saturated heterocycles. The number of aliphatic hydroxyl groups is 1. The van der Waals surface area contributed by atoms with E-state index in [0.29, 0.717) is 24.9 Å². The average molecular weight is 522 g/mol. The van der Waals surface area contributed by atoms with E-state index in [-0.39, 0.29) is 16.7 Å². The molecule has 4 atom stereocenters. The number of carbonyl (C=O) groups excluding carboxylic acids is 1. The number of rotatable bonds is 10. The molecule has 2 saturated carbocycles. The third-order valence-electron chi connectivity index (χ3n) is 9.31. The normalized spacial score (nSPS) is 28.0. The Morgan fingerprint density at radius 3 is 2.24 bits per heavy atom. The summed E-state index contributed by atoms with van der Waals surface area (Å²) in [5.41, 5.74) is 2.97. The fraction of sp³-hybridized carbons (Fsp3) is 0.594. The van der Waals surface area contributed by atoms with Gasteiger partial charge in [0.15, 0.2) is 0 Å². The first-order valence-corrected chi connectivity index (χ1v) is 14.1. The molecular weight excluding hydrogens is 474 g/mol. The molecule has 6 heteroatoms. The Hall–Kier alpha value is -2.57. The molecule has 38 heavy (non-hydrogen) atoms. The molecule has 2 aromatic rings. The highest BCUT2D eigenvalue weighted by molar-refractivity contribution is 5.76. The zero-order chi connectivity index (χ0) is 27.6. The van der Waals surface area contributed by atoms with Gasteiger partial charge in [-0.25, -0.2) is 0 Å². The van der Waals surface area contributed by atoms with Crippen LogP contribution in [0.4, 0.5) is 5.69 Å². The molecule has 4 rings (SSSR count). The fourth-order valence-electron chi connectivity index (χ4n) is 7.05. The van der Waals surface area contributed by atoms with Gasteiger partial charge in [0.2, 0.25) is 5.91 Å². The molecule has 208 valence electrons. The summed E-state index contributed by atoms with van der Waals surface area (Å²) in [4.78, 5) is 15.1. The minimum Gasteiger partial charge on any atom is -0.497 e. The van der Waals surface area contributed by atoms with Crippen LogP contribution in [0.5, 0.6) is 5.75 Å². The number of hydrogen-bond donors (Lipinski definition) is 3. The Bertz CT molecular complexity index is 1080. The molecule has 2 aliphatic rings. The molecule has 0 unspecified atom stereocenters. The SMILES string of the molecule is COc1ccc(CNC(=O)CC[C@@]23CC[C@@](C)(O)C[C@H]2C(C)(C)C[C@@H]3NCc2ccc(N(C)C)cc2)cc1. The van der Waals surface area contributed by atoms with Crippen LogP contribution >= 0.6 is 0 Å². The summed E-state index contributed by atoms with van der Waals surface area (Å²) in [7, 11) is 5.77. The van der Waals surface area contributed by atoms with Crippen molar-refractivity contribution >= 4 is 11.6 Å². The number of carbonyl (C=O) groups is 1. The molecule has 3 N–H and O–H groups in total. The Labute approximate surface area is 229 Å². The first kappa shape index (κ1) is 28.4. The van der Waals surface area contributed by atoms with E-state index in [4.69, 9.17) is 4.74 Å². The highest BCUT2D eigenvalue weighted by atomic mass is 16.5. The van der Waals surface area contributed by atoms with Crippen LogP contribution < -0.4 is 20.3 Å². The lowest BCUT2D eigenvalue weighted by molar-refractivity contribution is -0.123. The van der Waals surface area contributed by atoms with Gasteiger partial charge in [-0.05, 0) is 91.2 Å². The van der Waals surface area contributed by atoms with Crippen molar-refractivity contribution in [3.05, 3.63) is 59.7 Å². The van der Waals surface area contributed by atoms with E-state index < -0.39 is 5.60 Å². The molecule has 2 aromatic carbocycles. The Balaban J connectivity index is 1.45. The monoisotopic (exact) mass is 521 g/mol. The quantitative estimate of drug-likeness (QED) is 0.397. The third-order valence-corrected chi connectivity index (χ3v) is 9.31. The lowest BCUT2D eigenvalue weighted by Crippen LogP contribution is -2.51. The van der Waals surface area contributed by atoms with Gasteiger partial charge in [0.05, 0.1) is 12.7 Å². The van der Waals surface area contributed by atoms with Crippen molar-refractivity contribution < 1.29 is 14.6 Å². The van der Waals surface area contributed by atoms with E-state index in [1.165, 1.54) is 11.3 Å². The smallest absolute Gasteiger partial charge is 0.220 e. The van der Waals surface area contributed by atoms with Gasteiger partial charge >= 0.3 is 0 Å². The molecule has 0 spiro atoms. The van der Waals surface area contributed by atoms with Gasteiger partial charge in [0, 0.05) is 45.3 Å². The predicted octanol–water partition coefficient (Wildman–Crippen LogP) is 5.28. The van der Waals surface area contributed by atoms with E-state index in [1.807, 2.05) is 31.2 Å². The Morgan fingerprint density at radius 2 is 1.61 bits per heavy atom. The number of ether oxygens (including phenoxy) is 1. The second-order valence-corrected chi connectivity index (χ2v) is 12.8. The minimum absolute atomic E-state index is 0.00717. The van der Waals surface area contributed by atoms with Crippen molar-refractivity contribution in [1.29, 1.82) is 0 Å². The lowest BCUT2D eigenvalue weighted by atomic mass is 9.57. The number of hydrogen-bond acceptors (Lipinski definition) is 5. The maximum atomic E-state index is 13.0. The van der Waals surface area contributed by atoms with Crippen LogP contribution in [0.25, 0.3) is 0 Å². The standard InChI is InChI=1S/C32H47N3O3/c1-30(2)20-28(33-21-23-7-11-25(12-8-23)35(4)5)32(18-17-31(3,37)19-27(30)32)16-15-29(36)34-22-24-9-13-26(38-6)14-10-24/h7-14,27-28,33,37H,15-22H2,1-6H3,(H,34,36)/t27-,28-,31+,32+/m0/s1. The summed E-state index contributed by atoms with van der Waals surface area (Å²) in [6.07, 6.45) is 4.91. The third kappa shape index (κ3) is 6.35. The molecule has 0 heterocycles. The zero-order valence-electron chi connectivity index (χ0n) is 24.1. The Kier molecular flexibility index (Phi) is 8.43. The number of anilines is 1. The summed E-state index contributed by atoms with van der Waals surface area (Å²) in [5, 5.41) is 18.1. The summed E-state index contributed by atoms with van der Waals surface area (Å²) >= 11 is 0. The molecule has 0 bridgehead atoms. The van der Waals surface area contributed by atoms with Crippen molar-refractivity contribution in [2.24, 2.45) is 16.7 Å². The summed E-state index contributed by atoms with van der Waals surface area (Å²) in [5.74, 6) is 1.27. The number of fused-ring (bicyclic) bond motifs is 1. The molecule has 2 aliphatic carbocycles. The van der Waals surface area contributed by atoms with Gasteiger partial charge in [-0.2, -0.15) is 0 Å². The molecule has 0 aliphatic heterocycles. The molecule has 0 aromatic heterocycles. The topological polar surface area (TPSA) is 73.8 Å². The number of nitrogens with one attached hydrogen (secondary N) is 2. The number of nitrogens with zero attached hydrogens (tertiary/aromatic N) is 1. The molecule has 1 amide bonds. The molecule has 0 radical (unpaired) electrons. The van der Waals surface area contributed by atoms with Gasteiger partial charge in [0.25, 0.3) is 0 Å². The van der Waals surface area contributed by atoms with E-state index in [1.54, 1.807) is 7.11 Å². The highest BCUT2D eigenvalue weighted by Crippen LogP contribution is 2.63. The van der Waals surface area contributed by atoms with E-state index in [9.17, 15) is 9.90 Å². The number of amides is 1. The predicted molar refractivity (Wildman–Crippen MR) is 154 cm³/mol. The van der Waals surface area contributed by atoms with E-state index >= 15 is 0 Å². The van der Waals surface area contributed by atoms with Gasteiger partial charge in [0.1, 0.15) is 5.75 Å². The second kappa shape index (κ2) is 11.3. The first-order chi connectivity index (χ1) is 17.9. The number of methoxy groups -OCH3 is 1. The van der Waals surface area contributed by atoms with Gasteiger partial charge < -0.3 is 25.4 Å². The largest absolute Gasteiger partial charge is 0.497 e. The van der Waals surface area contributed by atoms with E-state index in [2.05, 4.69) is 67.7 Å². The van der Waals surface area contributed by atoms with Crippen LogP contribution in [0.2, 0.25) is 0 Å². The van der Waals surface area contributed by atoms with Crippen LogP contribution in [-0.4, -0.2) is 43.9 Å². The Morgan fingerprint density at radius 1 is 0.974 bits per heavy atom. The van der Waals surface area contributed by atoms with Crippen LogP contribution in [0, 0.1) is 16.7 Å². The fourth-order valence-corrected chi connectivity index (χ4v) is 7.05. The highest BCUT2D eigenvalue weighted by Gasteiger charge is 2.61. The maximum absolute atomic E-state index is 13.0. The van der Waals surface area contributed by atoms with E-state index in [0.717, 1.165) is 50.0 Å². The molecular formula is C32H47N3O3. The van der Waals surface area contributed by atoms with Crippen LogP contribution in [-0.2, 0) is 17.9 Å². The number of benzene rings is 2. The molecule has 2 fully saturated rings.